The number of benzene rings is 1. The van der Waals surface area contributed by atoms with E-state index in [0.29, 0.717) is 5.56 Å². The average Bonchev–Trinajstić information content (AvgIpc) is 2.79. The molecule has 0 saturated heterocycles. The van der Waals surface area contributed by atoms with Crippen LogP contribution >= 0.6 is 23.1 Å². The zero-order valence-electron chi connectivity index (χ0n) is 10.1. The van der Waals surface area contributed by atoms with Crippen molar-refractivity contribution in [2.24, 2.45) is 0 Å². The minimum absolute atomic E-state index is 0.162. The third-order valence-electron chi connectivity index (χ3n) is 2.93. The Morgan fingerprint density at radius 1 is 1.39 bits per heavy atom. The molecule has 1 unspecified atom stereocenters. The van der Waals surface area contributed by atoms with Crippen molar-refractivity contribution in [1.82, 2.24) is 4.37 Å². The molecule has 1 aromatic heterocycles. The molecule has 2 aromatic rings. The number of hydrogen-bond donors (Lipinski definition) is 0. The van der Waals surface area contributed by atoms with Crippen molar-refractivity contribution in [2.75, 3.05) is 11.9 Å². The number of hydrogen-bond acceptors (Lipinski definition) is 4. The molecular formula is C13H12ClN3S. The minimum Gasteiger partial charge on any atom is -0.357 e. The van der Waals surface area contributed by atoms with Gasteiger partial charge in [0, 0.05) is 7.05 Å². The van der Waals surface area contributed by atoms with Crippen molar-refractivity contribution >= 4 is 28.1 Å². The van der Waals surface area contributed by atoms with Crippen LogP contribution in [-0.2, 0) is 0 Å². The normalized spacial score (nSPS) is 11.9. The van der Waals surface area contributed by atoms with E-state index in [-0.39, 0.29) is 11.2 Å². The van der Waals surface area contributed by atoms with E-state index in [1.54, 1.807) is 0 Å². The summed E-state index contributed by atoms with van der Waals surface area (Å²) in [6, 6.07) is 12.4. The molecule has 0 fully saturated rings. The van der Waals surface area contributed by atoms with E-state index in [2.05, 4.69) is 29.5 Å². The molecule has 0 radical (unpaired) electrons. The Morgan fingerprint density at radius 3 is 2.67 bits per heavy atom. The predicted octanol–water partition coefficient (Wildman–Crippen LogP) is 3.87. The van der Waals surface area contributed by atoms with E-state index in [0.717, 1.165) is 5.00 Å². The zero-order valence-corrected chi connectivity index (χ0v) is 11.7. The first-order chi connectivity index (χ1) is 8.65. The minimum atomic E-state index is 0.162. The first kappa shape index (κ1) is 12.9. The molecule has 2 rings (SSSR count). The number of nitriles is 1. The molecule has 0 aliphatic heterocycles. The quantitative estimate of drug-likeness (QED) is 0.855. The van der Waals surface area contributed by atoms with Crippen LogP contribution in [0.2, 0.25) is 5.15 Å². The predicted molar refractivity (Wildman–Crippen MR) is 75.1 cm³/mol. The van der Waals surface area contributed by atoms with Crippen LogP contribution in [0.15, 0.2) is 30.3 Å². The molecule has 0 spiro atoms. The third kappa shape index (κ3) is 2.33. The van der Waals surface area contributed by atoms with Gasteiger partial charge in [0.15, 0.2) is 5.15 Å². The topological polar surface area (TPSA) is 39.9 Å². The van der Waals surface area contributed by atoms with Gasteiger partial charge >= 0.3 is 0 Å². The molecule has 5 heteroatoms. The fourth-order valence-electron chi connectivity index (χ4n) is 1.73. The Labute approximate surface area is 115 Å². The van der Waals surface area contributed by atoms with Crippen LogP contribution in [0.25, 0.3) is 0 Å². The highest BCUT2D eigenvalue weighted by atomic mass is 35.5. The maximum Gasteiger partial charge on any atom is 0.162 e. The molecule has 0 aliphatic rings. The summed E-state index contributed by atoms with van der Waals surface area (Å²) < 4.78 is 4.03. The maximum atomic E-state index is 9.09. The highest BCUT2D eigenvalue weighted by Gasteiger charge is 2.20. The maximum absolute atomic E-state index is 9.09. The molecule has 1 aromatic carbocycles. The molecule has 0 bridgehead atoms. The molecule has 1 atom stereocenters. The molecule has 0 aliphatic carbocycles. The van der Waals surface area contributed by atoms with Crippen molar-refractivity contribution in [3.63, 3.8) is 0 Å². The van der Waals surface area contributed by atoms with Gasteiger partial charge in [-0.05, 0) is 24.0 Å². The van der Waals surface area contributed by atoms with E-state index in [4.69, 9.17) is 16.9 Å². The van der Waals surface area contributed by atoms with Gasteiger partial charge in [-0.2, -0.15) is 9.64 Å². The summed E-state index contributed by atoms with van der Waals surface area (Å²) in [5, 5.41) is 10.2. The smallest absolute Gasteiger partial charge is 0.162 e. The van der Waals surface area contributed by atoms with Gasteiger partial charge in [0.2, 0.25) is 0 Å². The Morgan fingerprint density at radius 2 is 2.06 bits per heavy atom. The van der Waals surface area contributed by atoms with Gasteiger partial charge < -0.3 is 4.90 Å². The lowest BCUT2D eigenvalue weighted by Crippen LogP contribution is -2.21. The van der Waals surface area contributed by atoms with Crippen molar-refractivity contribution in [2.45, 2.75) is 13.0 Å². The van der Waals surface area contributed by atoms with Gasteiger partial charge in [-0.1, -0.05) is 41.9 Å². The Balaban J connectivity index is 2.32. The van der Waals surface area contributed by atoms with E-state index in [1.807, 2.05) is 30.1 Å². The molecule has 0 amide bonds. The molecule has 1 heterocycles. The van der Waals surface area contributed by atoms with Crippen LogP contribution < -0.4 is 4.90 Å². The summed E-state index contributed by atoms with van der Waals surface area (Å²) in [7, 11) is 1.95. The van der Waals surface area contributed by atoms with Crippen LogP contribution in [0.1, 0.15) is 24.1 Å². The lowest BCUT2D eigenvalue weighted by Gasteiger charge is -2.25. The molecule has 92 valence electrons. The van der Waals surface area contributed by atoms with Crippen LogP contribution in [-0.4, -0.2) is 11.4 Å². The van der Waals surface area contributed by atoms with Crippen molar-refractivity contribution < 1.29 is 0 Å². The molecule has 3 nitrogen and oxygen atoms in total. The fraction of sp³-hybridized carbons (Fsp3) is 0.231. The second-order valence-corrected chi connectivity index (χ2v) is 5.07. The van der Waals surface area contributed by atoms with Crippen LogP contribution in [0.5, 0.6) is 0 Å². The lowest BCUT2D eigenvalue weighted by atomic mass is 10.1. The highest BCUT2D eigenvalue weighted by molar-refractivity contribution is 7.10. The standard InChI is InChI=1S/C13H12ClN3S/c1-9(10-6-4-3-5-7-10)17(2)13-11(8-15)12(14)16-18-13/h3-7,9H,1-2H3. The summed E-state index contributed by atoms with van der Waals surface area (Å²) in [5.74, 6) is 0. The van der Waals surface area contributed by atoms with Crippen molar-refractivity contribution in [3.8, 4) is 6.07 Å². The first-order valence-electron chi connectivity index (χ1n) is 5.48. The summed E-state index contributed by atoms with van der Waals surface area (Å²) in [4.78, 5) is 2.03. The summed E-state index contributed by atoms with van der Waals surface area (Å²) in [5.41, 5.74) is 1.64. The largest absolute Gasteiger partial charge is 0.357 e. The second-order valence-electron chi connectivity index (χ2n) is 3.96. The van der Waals surface area contributed by atoms with Gasteiger partial charge in [0.25, 0.3) is 0 Å². The van der Waals surface area contributed by atoms with E-state index >= 15 is 0 Å². The summed E-state index contributed by atoms with van der Waals surface area (Å²) in [6.07, 6.45) is 0. The average molecular weight is 278 g/mol. The molecule has 0 N–H and O–H groups in total. The lowest BCUT2D eigenvalue weighted by molar-refractivity contribution is 0.745. The molecule has 0 saturated carbocycles. The van der Waals surface area contributed by atoms with Crippen molar-refractivity contribution in [1.29, 1.82) is 5.26 Å². The number of anilines is 1. The summed E-state index contributed by atoms with van der Waals surface area (Å²) in [6.45, 7) is 2.09. The van der Waals surface area contributed by atoms with Gasteiger partial charge in [-0.15, -0.1) is 0 Å². The summed E-state index contributed by atoms with van der Waals surface area (Å²) >= 11 is 7.14. The molecule has 18 heavy (non-hydrogen) atoms. The molecular weight excluding hydrogens is 266 g/mol. The Kier molecular flexibility index (Phi) is 3.85. The van der Waals surface area contributed by atoms with Crippen LogP contribution in [0.4, 0.5) is 5.00 Å². The number of aromatic nitrogens is 1. The van der Waals surface area contributed by atoms with Gasteiger partial charge in [-0.3, -0.25) is 0 Å². The Bertz CT molecular complexity index is 574. The fourth-order valence-corrected chi connectivity index (χ4v) is 2.80. The highest BCUT2D eigenvalue weighted by Crippen LogP contribution is 2.34. The van der Waals surface area contributed by atoms with Gasteiger partial charge in [0.1, 0.15) is 16.6 Å². The van der Waals surface area contributed by atoms with Crippen molar-refractivity contribution in [3.05, 3.63) is 46.6 Å². The number of halogens is 1. The first-order valence-corrected chi connectivity index (χ1v) is 6.63. The van der Waals surface area contributed by atoms with Gasteiger partial charge in [-0.25, -0.2) is 0 Å². The second kappa shape index (κ2) is 5.38. The number of rotatable bonds is 3. The van der Waals surface area contributed by atoms with E-state index in [1.165, 1.54) is 17.1 Å². The van der Waals surface area contributed by atoms with E-state index < -0.39 is 0 Å². The Hall–Kier alpha value is -1.57. The third-order valence-corrected chi connectivity index (χ3v) is 4.24. The monoisotopic (exact) mass is 277 g/mol. The number of nitrogens with zero attached hydrogens (tertiary/aromatic N) is 3. The van der Waals surface area contributed by atoms with Gasteiger partial charge in [0.05, 0.1) is 6.04 Å². The van der Waals surface area contributed by atoms with Crippen LogP contribution in [0.3, 0.4) is 0 Å². The SMILES string of the molecule is CC(c1ccccc1)N(C)c1snc(Cl)c1C#N. The zero-order chi connectivity index (χ0) is 13.1. The van der Waals surface area contributed by atoms with Crippen LogP contribution in [0, 0.1) is 11.3 Å². The van der Waals surface area contributed by atoms with E-state index in [9.17, 15) is 0 Å².